The maximum Gasteiger partial charge on any atom is 0.393 e. The Morgan fingerprint density at radius 3 is 2.57 bits per heavy atom. The van der Waals surface area contributed by atoms with Gasteiger partial charge in [0.25, 0.3) is 0 Å². The van der Waals surface area contributed by atoms with Gasteiger partial charge in [0.2, 0.25) is 11.7 Å². The predicted octanol–water partition coefficient (Wildman–Crippen LogP) is 3.39. The van der Waals surface area contributed by atoms with E-state index in [2.05, 4.69) is 10.3 Å². The smallest absolute Gasteiger partial charge is 0.383 e. The third kappa shape index (κ3) is 6.16. The number of amides is 1. The SMILES string of the molecule is CN=C(N)C(F)=C(N)N1CCC(C(F)(F)F)C(N2CC=CC[C@@H](Nc3cc(F)cc(Cl)c3)C2=O)C1. The molecule has 2 aliphatic rings. The molecule has 35 heavy (non-hydrogen) atoms. The lowest BCUT2D eigenvalue weighted by Gasteiger charge is -2.45. The number of alkyl halides is 3. The number of benzene rings is 1. The molecular formula is C22H26ClF5N6O. The quantitative estimate of drug-likeness (QED) is 0.239. The Bertz CT molecular complexity index is 1020. The second kappa shape index (κ2) is 10.7. The maximum atomic E-state index is 14.5. The van der Waals surface area contributed by atoms with Gasteiger partial charge >= 0.3 is 6.18 Å². The van der Waals surface area contributed by atoms with Crippen molar-refractivity contribution in [3.63, 3.8) is 0 Å². The number of aliphatic imine (C=N–C) groups is 1. The first kappa shape index (κ1) is 26.6. The molecule has 1 amide bonds. The summed E-state index contributed by atoms with van der Waals surface area (Å²) in [5, 5.41) is 2.96. The predicted molar refractivity (Wildman–Crippen MR) is 124 cm³/mol. The van der Waals surface area contributed by atoms with Crippen LogP contribution in [0.3, 0.4) is 0 Å². The first-order valence-electron chi connectivity index (χ1n) is 10.8. The Balaban J connectivity index is 1.92. The number of hydrogen-bond acceptors (Lipinski definition) is 5. The summed E-state index contributed by atoms with van der Waals surface area (Å²) in [6.45, 7) is -0.632. The van der Waals surface area contributed by atoms with Crippen LogP contribution in [-0.2, 0) is 4.79 Å². The summed E-state index contributed by atoms with van der Waals surface area (Å²) in [7, 11) is 1.25. The van der Waals surface area contributed by atoms with E-state index in [9.17, 15) is 26.7 Å². The van der Waals surface area contributed by atoms with Gasteiger partial charge in [-0.1, -0.05) is 23.8 Å². The fourth-order valence-corrected chi connectivity index (χ4v) is 4.51. The normalized spacial score (nSPS) is 24.8. The van der Waals surface area contributed by atoms with E-state index in [0.717, 1.165) is 17.0 Å². The third-order valence-electron chi connectivity index (χ3n) is 6.06. The van der Waals surface area contributed by atoms with Gasteiger partial charge in [-0.2, -0.15) is 17.6 Å². The molecule has 192 valence electrons. The molecule has 2 heterocycles. The zero-order chi connectivity index (χ0) is 25.9. The summed E-state index contributed by atoms with van der Waals surface area (Å²) in [4.78, 5) is 19.3. The lowest BCUT2D eigenvalue weighted by molar-refractivity contribution is -0.202. The number of carbonyl (C=O) groups is 1. The van der Waals surface area contributed by atoms with Crippen molar-refractivity contribution in [3.8, 4) is 0 Å². The summed E-state index contributed by atoms with van der Waals surface area (Å²) in [5.74, 6) is -5.07. The Labute approximate surface area is 204 Å². The number of rotatable bonds is 5. The lowest BCUT2D eigenvalue weighted by Crippen LogP contribution is -2.60. The van der Waals surface area contributed by atoms with E-state index < -0.39 is 59.8 Å². The van der Waals surface area contributed by atoms with Crippen molar-refractivity contribution in [2.24, 2.45) is 22.4 Å². The van der Waals surface area contributed by atoms with Crippen LogP contribution < -0.4 is 16.8 Å². The van der Waals surface area contributed by atoms with Gasteiger partial charge in [-0.3, -0.25) is 9.79 Å². The summed E-state index contributed by atoms with van der Waals surface area (Å²) >= 11 is 5.88. The molecule has 0 bridgehead atoms. The van der Waals surface area contributed by atoms with E-state index in [0.29, 0.717) is 0 Å². The topological polar surface area (TPSA) is 100.0 Å². The Morgan fingerprint density at radius 1 is 1.23 bits per heavy atom. The molecule has 1 aromatic rings. The summed E-state index contributed by atoms with van der Waals surface area (Å²) in [6, 6.07) is 1.30. The number of hydrogen-bond donors (Lipinski definition) is 3. The number of nitrogens with zero attached hydrogens (tertiary/aromatic N) is 3. The van der Waals surface area contributed by atoms with Crippen LogP contribution >= 0.6 is 11.6 Å². The number of likely N-dealkylation sites (tertiary alicyclic amines) is 1. The van der Waals surface area contributed by atoms with Crippen LogP contribution in [0.2, 0.25) is 5.02 Å². The molecule has 0 aromatic heterocycles. The molecule has 0 saturated carbocycles. The number of carbonyl (C=O) groups excluding carboxylic acids is 1. The third-order valence-corrected chi connectivity index (χ3v) is 6.28. The number of nitrogens with two attached hydrogens (primary N) is 2. The molecule has 0 radical (unpaired) electrons. The molecule has 7 nitrogen and oxygen atoms in total. The van der Waals surface area contributed by atoms with Gasteiger partial charge in [0, 0.05) is 37.4 Å². The van der Waals surface area contributed by atoms with E-state index in [1.165, 1.54) is 18.0 Å². The fraction of sp³-hybridized carbons (Fsp3) is 0.455. The minimum absolute atomic E-state index is 0.0866. The molecule has 3 rings (SSSR count). The van der Waals surface area contributed by atoms with Gasteiger partial charge in [-0.15, -0.1) is 0 Å². The second-order valence-corrected chi connectivity index (χ2v) is 8.75. The van der Waals surface area contributed by atoms with Gasteiger partial charge in [-0.25, -0.2) is 4.39 Å². The van der Waals surface area contributed by atoms with Crippen molar-refractivity contribution in [2.45, 2.75) is 31.1 Å². The summed E-state index contributed by atoms with van der Waals surface area (Å²) in [5.41, 5.74) is 11.5. The van der Waals surface area contributed by atoms with Crippen molar-refractivity contribution in [2.75, 3.05) is 32.0 Å². The molecule has 3 atom stereocenters. The van der Waals surface area contributed by atoms with Crippen molar-refractivity contribution in [1.82, 2.24) is 9.80 Å². The molecule has 0 aliphatic carbocycles. The second-order valence-electron chi connectivity index (χ2n) is 8.31. The molecule has 0 spiro atoms. The average Bonchev–Trinajstić information content (AvgIpc) is 2.97. The van der Waals surface area contributed by atoms with Crippen LogP contribution in [0.4, 0.5) is 27.6 Å². The highest BCUT2D eigenvalue weighted by molar-refractivity contribution is 6.30. The maximum absolute atomic E-state index is 14.5. The van der Waals surface area contributed by atoms with E-state index in [1.54, 1.807) is 12.2 Å². The Hall–Kier alpha value is -3.02. The first-order chi connectivity index (χ1) is 16.4. The van der Waals surface area contributed by atoms with E-state index in [-0.39, 0.29) is 36.8 Å². The molecule has 5 N–H and O–H groups in total. The zero-order valence-corrected chi connectivity index (χ0v) is 19.6. The molecule has 1 saturated heterocycles. The van der Waals surface area contributed by atoms with Crippen molar-refractivity contribution in [1.29, 1.82) is 0 Å². The first-order valence-corrected chi connectivity index (χ1v) is 11.2. The van der Waals surface area contributed by atoms with Crippen LogP contribution in [-0.4, -0.2) is 66.5 Å². The van der Waals surface area contributed by atoms with Crippen LogP contribution in [0.1, 0.15) is 12.8 Å². The Kier molecular flexibility index (Phi) is 8.14. The highest BCUT2D eigenvalue weighted by Crippen LogP contribution is 2.38. The zero-order valence-electron chi connectivity index (χ0n) is 18.8. The molecule has 13 heteroatoms. The van der Waals surface area contributed by atoms with Crippen molar-refractivity contribution < 1.29 is 26.7 Å². The van der Waals surface area contributed by atoms with Gasteiger partial charge in [0.05, 0.1) is 12.0 Å². The molecule has 1 fully saturated rings. The van der Waals surface area contributed by atoms with E-state index in [4.69, 9.17) is 23.1 Å². The number of amidine groups is 1. The van der Waals surface area contributed by atoms with Gasteiger partial charge < -0.3 is 26.6 Å². The van der Waals surface area contributed by atoms with E-state index >= 15 is 0 Å². The monoisotopic (exact) mass is 520 g/mol. The summed E-state index contributed by atoms with van der Waals surface area (Å²) < 4.78 is 70.1. The van der Waals surface area contributed by atoms with Crippen LogP contribution in [0.25, 0.3) is 0 Å². The lowest BCUT2D eigenvalue weighted by atomic mass is 9.89. The van der Waals surface area contributed by atoms with Crippen molar-refractivity contribution in [3.05, 3.63) is 52.8 Å². The van der Waals surface area contributed by atoms with Gasteiger partial charge in [-0.05, 0) is 31.0 Å². The number of anilines is 1. The molecule has 2 aliphatic heterocycles. The molecule has 1 aromatic carbocycles. The highest BCUT2D eigenvalue weighted by atomic mass is 35.5. The standard InChI is InChI=1S/C22H26ClF5N6O/c1-31-19(29)18(25)20(30)33-7-5-15(22(26,27)28)17(11-33)34-6-3-2-4-16(21(34)35)32-14-9-12(23)8-13(24)10-14/h2-3,8-10,15-17,32H,4-7,11,30H2,1H3,(H2,29,31)/t15?,16-,17?/m1/s1. The van der Waals surface area contributed by atoms with Crippen LogP contribution in [0, 0.1) is 11.7 Å². The highest BCUT2D eigenvalue weighted by Gasteiger charge is 2.51. The van der Waals surface area contributed by atoms with Crippen LogP contribution in [0.15, 0.2) is 47.0 Å². The summed E-state index contributed by atoms with van der Waals surface area (Å²) in [6.07, 6.45) is -1.60. The molecular weight excluding hydrogens is 495 g/mol. The number of piperidine rings is 1. The number of nitrogens with one attached hydrogen (secondary N) is 1. The minimum atomic E-state index is -4.60. The van der Waals surface area contributed by atoms with Crippen LogP contribution in [0.5, 0.6) is 0 Å². The van der Waals surface area contributed by atoms with Crippen molar-refractivity contribution >= 4 is 29.0 Å². The Morgan fingerprint density at radius 2 is 1.94 bits per heavy atom. The number of halogens is 6. The average molecular weight is 521 g/mol. The van der Waals surface area contributed by atoms with Gasteiger partial charge in [0.1, 0.15) is 17.7 Å². The minimum Gasteiger partial charge on any atom is -0.383 e. The van der Waals surface area contributed by atoms with Gasteiger partial charge in [0.15, 0.2) is 5.84 Å². The fourth-order valence-electron chi connectivity index (χ4n) is 4.29. The van der Waals surface area contributed by atoms with E-state index in [1.807, 2.05) is 0 Å². The molecule has 2 unspecified atom stereocenters. The largest absolute Gasteiger partial charge is 0.393 e.